The van der Waals surface area contributed by atoms with E-state index in [1.807, 2.05) is 0 Å². The van der Waals surface area contributed by atoms with E-state index in [0.29, 0.717) is 0 Å². The lowest BCUT2D eigenvalue weighted by molar-refractivity contribution is 0.467. The molecular weight excluding hydrogens is 767 g/mol. The van der Waals surface area contributed by atoms with Crippen LogP contribution >= 0.6 is 0 Å². The Hall–Kier alpha value is -7.76. The molecule has 2 aliphatic heterocycles. The molecule has 9 aromatic carbocycles. The second-order valence-corrected chi connectivity index (χ2v) is 16.9. The Labute approximate surface area is 370 Å². The van der Waals surface area contributed by atoms with E-state index in [4.69, 9.17) is 9.47 Å². The van der Waals surface area contributed by atoms with Crippen molar-refractivity contribution in [3.63, 3.8) is 0 Å². The van der Waals surface area contributed by atoms with Gasteiger partial charge in [-0.05, 0) is 116 Å². The minimum atomic E-state index is -0.170. The Bertz CT molecular complexity index is 2830. The first kappa shape index (κ1) is 38.2. The van der Waals surface area contributed by atoms with Gasteiger partial charge in [0.2, 0.25) is 0 Å². The molecule has 0 aliphatic carbocycles. The molecule has 5 heteroatoms. The standard InChI is InChI=1S/C58H45BN2O2/c1-38-15-23-44(24-16-38)60(45-25-17-39(2)18-26-45)48-31-33-52-54(35-48)62-57-50(42-11-7-5-8-12-42)37-51(43-13-9-6-10-14-43)58-56(57)59(52)53-34-32-49(36-55(53)63-58)61(46-27-19-40(3)20-28-46)47-29-21-41(4)22-30-47/h5-37H,1-4H3. The Kier molecular flexibility index (Phi) is 9.46. The van der Waals surface area contributed by atoms with Crippen LogP contribution in [0.3, 0.4) is 0 Å². The molecule has 9 aromatic rings. The number of rotatable bonds is 8. The van der Waals surface area contributed by atoms with Crippen LogP contribution in [0.1, 0.15) is 22.3 Å². The number of fused-ring (bicyclic) bond motifs is 4. The van der Waals surface area contributed by atoms with Crippen molar-refractivity contribution in [1.82, 2.24) is 0 Å². The summed E-state index contributed by atoms with van der Waals surface area (Å²) in [4.78, 5) is 4.63. The Morgan fingerprint density at radius 2 is 0.651 bits per heavy atom. The van der Waals surface area contributed by atoms with Crippen LogP contribution in [0.25, 0.3) is 22.3 Å². The van der Waals surface area contributed by atoms with Gasteiger partial charge in [0.15, 0.2) is 0 Å². The number of hydrogen-bond acceptors (Lipinski definition) is 4. The van der Waals surface area contributed by atoms with Crippen molar-refractivity contribution < 1.29 is 9.47 Å². The molecule has 0 N–H and O–H groups in total. The molecule has 2 aliphatic rings. The lowest BCUT2D eigenvalue weighted by Crippen LogP contribution is -2.57. The molecule has 0 atom stereocenters. The van der Waals surface area contributed by atoms with Gasteiger partial charge in [-0.25, -0.2) is 0 Å². The van der Waals surface area contributed by atoms with E-state index in [9.17, 15) is 0 Å². The second-order valence-electron chi connectivity index (χ2n) is 16.9. The number of ether oxygens (including phenoxy) is 2. The smallest absolute Gasteiger partial charge is 0.260 e. The van der Waals surface area contributed by atoms with Gasteiger partial charge in [-0.3, -0.25) is 0 Å². The highest BCUT2D eigenvalue weighted by molar-refractivity contribution is 6.98. The molecule has 0 radical (unpaired) electrons. The fourth-order valence-corrected chi connectivity index (χ4v) is 9.16. The Balaban J connectivity index is 1.14. The molecule has 0 saturated carbocycles. The summed E-state index contributed by atoms with van der Waals surface area (Å²) < 4.78 is 14.6. The van der Waals surface area contributed by atoms with Crippen LogP contribution in [-0.4, -0.2) is 6.71 Å². The van der Waals surface area contributed by atoms with E-state index in [-0.39, 0.29) is 6.71 Å². The van der Waals surface area contributed by atoms with Gasteiger partial charge in [0.25, 0.3) is 6.71 Å². The third-order valence-corrected chi connectivity index (χ3v) is 12.5. The van der Waals surface area contributed by atoms with Crippen LogP contribution in [0.15, 0.2) is 200 Å². The van der Waals surface area contributed by atoms with Gasteiger partial charge in [0.1, 0.15) is 23.0 Å². The predicted molar refractivity (Wildman–Crippen MR) is 263 cm³/mol. The monoisotopic (exact) mass is 812 g/mol. The maximum absolute atomic E-state index is 7.30. The average molecular weight is 813 g/mol. The van der Waals surface area contributed by atoms with Gasteiger partial charge in [-0.2, -0.15) is 0 Å². The fraction of sp³-hybridized carbons (Fsp3) is 0.0690. The molecule has 11 rings (SSSR count). The Morgan fingerprint density at radius 3 is 0.984 bits per heavy atom. The molecule has 0 bridgehead atoms. The number of hydrogen-bond donors (Lipinski definition) is 0. The van der Waals surface area contributed by atoms with Gasteiger partial charge in [0, 0.05) is 62.8 Å². The highest BCUT2D eigenvalue weighted by Crippen LogP contribution is 2.48. The normalized spacial score (nSPS) is 12.0. The van der Waals surface area contributed by atoms with Crippen LogP contribution in [0.5, 0.6) is 23.0 Å². The highest BCUT2D eigenvalue weighted by Gasteiger charge is 2.43. The molecule has 0 saturated heterocycles. The lowest BCUT2D eigenvalue weighted by Gasteiger charge is -2.37. The van der Waals surface area contributed by atoms with Crippen LogP contribution in [0, 0.1) is 27.7 Å². The van der Waals surface area contributed by atoms with Crippen LogP contribution in [-0.2, 0) is 0 Å². The van der Waals surface area contributed by atoms with Crippen LogP contribution < -0.4 is 35.7 Å². The number of aryl methyl sites for hydroxylation is 4. The SMILES string of the molecule is Cc1ccc(N(c2ccc(C)cc2)c2ccc3c(c2)Oc2c(-c4ccccc4)cc(-c4ccccc4)c4c2B3c2ccc(N(c3ccc(C)cc3)c3ccc(C)cc3)cc2O4)cc1. The molecule has 4 nitrogen and oxygen atoms in total. The van der Waals surface area contributed by atoms with Gasteiger partial charge in [-0.15, -0.1) is 0 Å². The summed E-state index contributed by atoms with van der Waals surface area (Å²) in [5.41, 5.74) is 18.7. The van der Waals surface area contributed by atoms with Gasteiger partial charge < -0.3 is 19.3 Å². The zero-order chi connectivity index (χ0) is 42.6. The summed E-state index contributed by atoms with van der Waals surface area (Å²) in [6.07, 6.45) is 0. The summed E-state index contributed by atoms with van der Waals surface area (Å²) in [5, 5.41) is 0. The molecule has 0 aromatic heterocycles. The van der Waals surface area contributed by atoms with Gasteiger partial charge in [-0.1, -0.05) is 144 Å². The van der Waals surface area contributed by atoms with E-state index in [1.54, 1.807) is 0 Å². The summed E-state index contributed by atoms with van der Waals surface area (Å²) in [5.74, 6) is 3.28. The van der Waals surface area contributed by atoms with E-state index in [1.165, 1.54) is 22.3 Å². The van der Waals surface area contributed by atoms with Crippen molar-refractivity contribution in [2.24, 2.45) is 0 Å². The first-order chi connectivity index (χ1) is 30.9. The summed E-state index contributed by atoms with van der Waals surface area (Å²) in [6, 6.07) is 71.8. The zero-order valence-corrected chi connectivity index (χ0v) is 35.8. The van der Waals surface area contributed by atoms with Crippen molar-refractivity contribution in [3.05, 3.63) is 222 Å². The molecule has 0 spiro atoms. The first-order valence-corrected chi connectivity index (χ1v) is 21.7. The summed E-state index contributed by atoms with van der Waals surface area (Å²) in [7, 11) is 0. The van der Waals surface area contributed by atoms with Crippen LogP contribution in [0.4, 0.5) is 34.1 Å². The van der Waals surface area contributed by atoms with Crippen LogP contribution in [0.2, 0.25) is 0 Å². The number of nitrogens with zero attached hydrogens (tertiary/aromatic N) is 2. The maximum Gasteiger partial charge on any atom is 0.260 e. The molecule has 0 fully saturated rings. The predicted octanol–water partition coefficient (Wildman–Crippen LogP) is 13.9. The van der Waals surface area contributed by atoms with Crippen molar-refractivity contribution in [1.29, 1.82) is 0 Å². The maximum atomic E-state index is 7.30. The minimum absolute atomic E-state index is 0.170. The van der Waals surface area contributed by atoms with E-state index in [2.05, 4.69) is 238 Å². The third kappa shape index (κ3) is 6.92. The van der Waals surface area contributed by atoms with Crippen molar-refractivity contribution in [3.8, 4) is 45.3 Å². The quantitative estimate of drug-likeness (QED) is 0.143. The number of benzene rings is 9. The zero-order valence-electron chi connectivity index (χ0n) is 35.8. The molecular formula is C58H45BN2O2. The topological polar surface area (TPSA) is 24.9 Å². The highest BCUT2D eigenvalue weighted by atomic mass is 16.5. The molecule has 0 unspecified atom stereocenters. The fourth-order valence-electron chi connectivity index (χ4n) is 9.16. The van der Waals surface area contributed by atoms with Crippen molar-refractivity contribution in [2.45, 2.75) is 27.7 Å². The molecule has 2 heterocycles. The second kappa shape index (κ2) is 15.6. The van der Waals surface area contributed by atoms with Crippen molar-refractivity contribution >= 4 is 57.2 Å². The Morgan fingerprint density at radius 1 is 0.333 bits per heavy atom. The lowest BCUT2D eigenvalue weighted by atomic mass is 9.34. The number of anilines is 6. The molecule has 63 heavy (non-hydrogen) atoms. The third-order valence-electron chi connectivity index (χ3n) is 12.5. The molecule has 0 amide bonds. The van der Waals surface area contributed by atoms with E-state index in [0.717, 1.165) is 95.8 Å². The summed E-state index contributed by atoms with van der Waals surface area (Å²) in [6.45, 7) is 8.34. The minimum Gasteiger partial charge on any atom is -0.458 e. The van der Waals surface area contributed by atoms with Gasteiger partial charge >= 0.3 is 0 Å². The molecule has 302 valence electrons. The largest absolute Gasteiger partial charge is 0.458 e. The van der Waals surface area contributed by atoms with Crippen molar-refractivity contribution in [2.75, 3.05) is 9.80 Å². The van der Waals surface area contributed by atoms with Gasteiger partial charge in [0.05, 0.1) is 0 Å². The van der Waals surface area contributed by atoms with E-state index >= 15 is 0 Å². The summed E-state index contributed by atoms with van der Waals surface area (Å²) >= 11 is 0. The van der Waals surface area contributed by atoms with E-state index < -0.39 is 0 Å². The average Bonchev–Trinajstić information content (AvgIpc) is 3.32. The first-order valence-electron chi connectivity index (χ1n) is 21.7.